The largest absolute Gasteiger partial charge is 0.464 e. The van der Waals surface area contributed by atoms with E-state index in [9.17, 15) is 31.2 Å². The molecule has 282 valence electrons. The molecule has 1 unspecified atom stereocenters. The van der Waals surface area contributed by atoms with Gasteiger partial charge in [-0.1, -0.05) is 29.8 Å². The molecule has 2 N–H and O–H groups in total. The number of alkyl halides is 3. The lowest BCUT2D eigenvalue weighted by Crippen LogP contribution is -2.45. The lowest BCUT2D eigenvalue weighted by atomic mass is 9.76. The molecule has 2 fully saturated rings. The predicted molar refractivity (Wildman–Crippen MR) is 188 cm³/mol. The van der Waals surface area contributed by atoms with Gasteiger partial charge in [0.15, 0.2) is 9.84 Å². The molecular weight excluding hydrogens is 727 g/mol. The van der Waals surface area contributed by atoms with Crippen LogP contribution in [0.25, 0.3) is 11.1 Å². The molecule has 3 aromatic rings. The standard InChI is InChI=1S/C35H41ClF3N5O7S/c1-6-49-30(45)26-19-34(20-44(26)32(46)51-33(2,3)4)12-14-43(15-13-34)27-18-28(42-31(40)41-27)50-29(35(37,38)39)24-11-10-22(36)17-25(24)21-8-7-9-23(16-21)52(5,47)48/h7-11,16-18,26,29H,6,12-15,19-20H2,1-5H3,(H2,40,41,42)/t26?,29-/m1/s1. The van der Waals surface area contributed by atoms with Crippen LogP contribution < -0.4 is 15.4 Å². The fourth-order valence-electron chi connectivity index (χ4n) is 6.57. The number of amides is 1. The van der Waals surface area contributed by atoms with E-state index in [1.54, 1.807) is 27.7 Å². The Hall–Kier alpha value is -4.31. The van der Waals surface area contributed by atoms with Crippen LogP contribution in [0.4, 0.5) is 29.7 Å². The van der Waals surface area contributed by atoms with Gasteiger partial charge in [0.05, 0.1) is 11.5 Å². The van der Waals surface area contributed by atoms with Gasteiger partial charge in [-0.15, -0.1) is 0 Å². The highest BCUT2D eigenvalue weighted by molar-refractivity contribution is 7.90. The molecule has 0 saturated carbocycles. The molecule has 2 aliphatic rings. The highest BCUT2D eigenvalue weighted by atomic mass is 35.5. The van der Waals surface area contributed by atoms with Crippen molar-refractivity contribution in [1.82, 2.24) is 14.9 Å². The second-order valence-corrected chi connectivity index (χ2v) is 16.5. The molecule has 12 nitrogen and oxygen atoms in total. The number of nitrogens with two attached hydrogens (primary N) is 1. The Kier molecular flexibility index (Phi) is 10.9. The topological polar surface area (TPSA) is 154 Å². The van der Waals surface area contributed by atoms with Gasteiger partial charge >= 0.3 is 18.2 Å². The van der Waals surface area contributed by atoms with Crippen molar-refractivity contribution in [2.24, 2.45) is 5.41 Å². The number of hydrogen-bond donors (Lipinski definition) is 1. The normalized spacial score (nSPS) is 18.3. The number of aromatic nitrogens is 2. The Labute approximate surface area is 305 Å². The highest BCUT2D eigenvalue weighted by Crippen LogP contribution is 2.46. The second kappa shape index (κ2) is 14.6. The molecule has 2 saturated heterocycles. The lowest BCUT2D eigenvalue weighted by molar-refractivity contribution is -0.198. The third-order valence-corrected chi connectivity index (χ3v) is 10.3. The molecule has 1 aromatic heterocycles. The molecule has 52 heavy (non-hydrogen) atoms. The molecule has 5 rings (SSSR count). The van der Waals surface area contributed by atoms with Crippen LogP contribution in [0.3, 0.4) is 0 Å². The lowest BCUT2D eigenvalue weighted by Gasteiger charge is -2.39. The number of piperidine rings is 1. The number of esters is 1. The van der Waals surface area contributed by atoms with E-state index in [4.69, 9.17) is 31.5 Å². The number of hydrogen-bond acceptors (Lipinski definition) is 11. The monoisotopic (exact) mass is 767 g/mol. The van der Waals surface area contributed by atoms with Gasteiger partial charge in [0.1, 0.15) is 17.5 Å². The maximum Gasteiger partial charge on any atom is 0.429 e. The summed E-state index contributed by atoms with van der Waals surface area (Å²) in [7, 11) is -3.67. The van der Waals surface area contributed by atoms with Crippen LogP contribution in [0.1, 0.15) is 58.6 Å². The van der Waals surface area contributed by atoms with Gasteiger partial charge in [-0.3, -0.25) is 4.90 Å². The number of carbonyl (C=O) groups is 2. The number of halogens is 4. The van der Waals surface area contributed by atoms with Crippen LogP contribution in [-0.2, 0) is 24.1 Å². The van der Waals surface area contributed by atoms with Gasteiger partial charge in [0, 0.05) is 42.5 Å². The molecule has 2 atom stereocenters. The van der Waals surface area contributed by atoms with E-state index in [0.29, 0.717) is 32.4 Å². The zero-order valence-electron chi connectivity index (χ0n) is 29.4. The smallest absolute Gasteiger partial charge is 0.429 e. The fraction of sp³-hybridized carbons (Fsp3) is 0.486. The fourth-order valence-corrected chi connectivity index (χ4v) is 7.41. The first-order valence-corrected chi connectivity index (χ1v) is 18.8. The third-order valence-electron chi connectivity index (χ3n) is 8.96. The third kappa shape index (κ3) is 9.00. The Morgan fingerprint density at radius 2 is 1.77 bits per heavy atom. The summed E-state index contributed by atoms with van der Waals surface area (Å²) in [6.45, 7) is 8.10. The van der Waals surface area contributed by atoms with E-state index in [2.05, 4.69) is 9.97 Å². The Bertz CT molecular complexity index is 1930. The first-order valence-electron chi connectivity index (χ1n) is 16.6. The summed E-state index contributed by atoms with van der Waals surface area (Å²) in [5, 5.41) is 0.130. The minimum Gasteiger partial charge on any atom is -0.464 e. The quantitative estimate of drug-likeness (QED) is 0.246. The molecule has 1 amide bonds. The SMILES string of the molecule is CCOC(=O)C1CC2(CCN(c3cc(O[C@H](c4ccc(Cl)cc4-c4cccc(S(C)(=O)=O)c4)C(F)(F)F)nc(N)n3)CC2)CN1C(=O)OC(C)(C)C. The Balaban J connectivity index is 1.40. The number of ether oxygens (including phenoxy) is 3. The number of nitrogens with zero attached hydrogens (tertiary/aromatic N) is 4. The van der Waals surface area contributed by atoms with E-state index in [-0.39, 0.29) is 51.5 Å². The number of rotatable bonds is 8. The van der Waals surface area contributed by atoms with E-state index in [1.165, 1.54) is 53.4 Å². The van der Waals surface area contributed by atoms with Crippen LogP contribution in [0.15, 0.2) is 53.4 Å². The Morgan fingerprint density at radius 3 is 2.38 bits per heavy atom. The molecule has 3 heterocycles. The summed E-state index contributed by atoms with van der Waals surface area (Å²) >= 11 is 6.20. The van der Waals surface area contributed by atoms with Crippen molar-refractivity contribution < 1.29 is 45.4 Å². The van der Waals surface area contributed by atoms with Crippen LogP contribution in [0.2, 0.25) is 5.02 Å². The van der Waals surface area contributed by atoms with E-state index < -0.39 is 57.1 Å². The summed E-state index contributed by atoms with van der Waals surface area (Å²) in [5.74, 6) is -1.02. The van der Waals surface area contributed by atoms with Gasteiger partial charge in [0.25, 0.3) is 0 Å². The summed E-state index contributed by atoms with van der Waals surface area (Å²) < 4.78 is 85.2. The summed E-state index contributed by atoms with van der Waals surface area (Å²) in [6, 6.07) is 9.74. The first kappa shape index (κ1) is 38.9. The molecule has 0 bridgehead atoms. The first-order chi connectivity index (χ1) is 24.2. The number of likely N-dealkylation sites (tertiary alicyclic amines) is 1. The van der Waals surface area contributed by atoms with E-state index >= 15 is 0 Å². The van der Waals surface area contributed by atoms with E-state index in [1.807, 2.05) is 4.90 Å². The predicted octanol–water partition coefficient (Wildman–Crippen LogP) is 6.62. The number of nitrogen functional groups attached to an aromatic ring is 1. The maximum absolute atomic E-state index is 14.8. The van der Waals surface area contributed by atoms with Crippen molar-refractivity contribution in [3.8, 4) is 17.0 Å². The molecule has 2 aliphatic heterocycles. The van der Waals surface area contributed by atoms with Gasteiger partial charge in [-0.2, -0.15) is 23.1 Å². The molecule has 0 radical (unpaired) electrons. The van der Waals surface area contributed by atoms with Crippen LogP contribution in [0.5, 0.6) is 5.88 Å². The Morgan fingerprint density at radius 1 is 1.08 bits per heavy atom. The van der Waals surface area contributed by atoms with E-state index in [0.717, 1.165) is 6.26 Å². The molecule has 17 heteroatoms. The van der Waals surface area contributed by atoms with Crippen LogP contribution in [0, 0.1) is 5.41 Å². The highest BCUT2D eigenvalue weighted by Gasteiger charge is 2.51. The minimum atomic E-state index is -4.95. The summed E-state index contributed by atoms with van der Waals surface area (Å²) in [5.41, 5.74) is 4.65. The summed E-state index contributed by atoms with van der Waals surface area (Å²) in [4.78, 5) is 37.4. The van der Waals surface area contributed by atoms with Crippen LogP contribution >= 0.6 is 11.6 Å². The number of sulfone groups is 1. The average Bonchev–Trinajstić information content (AvgIpc) is 3.42. The maximum atomic E-state index is 14.8. The number of anilines is 2. The van der Waals surface area contributed by atoms with Gasteiger partial charge in [-0.25, -0.2) is 18.0 Å². The van der Waals surface area contributed by atoms with Crippen molar-refractivity contribution >= 4 is 45.3 Å². The molecular formula is C35H41ClF3N5O7S. The van der Waals surface area contributed by atoms with Crippen molar-refractivity contribution in [2.45, 2.75) is 75.8 Å². The van der Waals surface area contributed by atoms with Gasteiger partial charge in [-0.05, 0) is 87.8 Å². The van der Waals surface area contributed by atoms with Crippen molar-refractivity contribution in [3.63, 3.8) is 0 Å². The zero-order chi connectivity index (χ0) is 38.2. The van der Waals surface area contributed by atoms with Gasteiger partial charge < -0.3 is 24.8 Å². The number of benzene rings is 2. The number of carbonyl (C=O) groups excluding carboxylic acids is 2. The molecule has 2 aromatic carbocycles. The molecule has 1 spiro atoms. The summed E-state index contributed by atoms with van der Waals surface area (Å²) in [6.07, 6.45) is -5.71. The minimum absolute atomic E-state index is 0.0158. The van der Waals surface area contributed by atoms with Crippen molar-refractivity contribution in [3.05, 3.63) is 59.1 Å². The van der Waals surface area contributed by atoms with Gasteiger partial charge in [0.2, 0.25) is 17.9 Å². The second-order valence-electron chi connectivity index (χ2n) is 14.1. The average molecular weight is 768 g/mol. The zero-order valence-corrected chi connectivity index (χ0v) is 30.9. The van der Waals surface area contributed by atoms with Crippen LogP contribution in [-0.4, -0.2) is 85.7 Å². The molecule has 0 aliphatic carbocycles. The van der Waals surface area contributed by atoms with Crippen molar-refractivity contribution in [2.75, 3.05) is 43.1 Å². The van der Waals surface area contributed by atoms with Crippen molar-refractivity contribution in [1.29, 1.82) is 0 Å².